The van der Waals surface area contributed by atoms with Gasteiger partial charge in [0, 0.05) is 5.56 Å². The number of nitrogens with zero attached hydrogens (tertiary/aromatic N) is 3. The fourth-order valence-corrected chi connectivity index (χ4v) is 3.98. The fourth-order valence-electron chi connectivity index (χ4n) is 2.95. The van der Waals surface area contributed by atoms with Gasteiger partial charge in [-0.1, -0.05) is 72.8 Å². The molecule has 0 saturated heterocycles. The van der Waals surface area contributed by atoms with Crippen LogP contribution in [0.5, 0.6) is 5.75 Å². The van der Waals surface area contributed by atoms with Crippen LogP contribution in [0.1, 0.15) is 35.8 Å². The number of rotatable bonds is 6. The van der Waals surface area contributed by atoms with Crippen LogP contribution in [0.4, 0.5) is 5.13 Å². The Balaban J connectivity index is 1.64. The van der Waals surface area contributed by atoms with E-state index in [0.29, 0.717) is 28.2 Å². The van der Waals surface area contributed by atoms with E-state index in [1.807, 2.05) is 50.2 Å². The summed E-state index contributed by atoms with van der Waals surface area (Å²) in [5, 5.41) is 7.41. The predicted octanol–water partition coefficient (Wildman–Crippen LogP) is 5.24. The fraction of sp³-hybridized carbons (Fsp3) is 0.182. The maximum Gasteiger partial charge on any atom is 0.270 e. The van der Waals surface area contributed by atoms with Crippen LogP contribution in [0.15, 0.2) is 59.1 Å². The minimum absolute atomic E-state index is 0.111. The van der Waals surface area contributed by atoms with Gasteiger partial charge in [-0.15, -0.1) is 0 Å². The Morgan fingerprint density at radius 2 is 1.80 bits per heavy atom. The van der Waals surface area contributed by atoms with Crippen LogP contribution < -0.4 is 10.1 Å². The van der Waals surface area contributed by atoms with Crippen molar-refractivity contribution in [2.75, 3.05) is 12.4 Å². The van der Waals surface area contributed by atoms with Crippen LogP contribution in [-0.2, 0) is 0 Å². The number of anilines is 1. The van der Waals surface area contributed by atoms with Gasteiger partial charge in [-0.3, -0.25) is 10.1 Å². The molecule has 2 aromatic carbocycles. The Kier molecular flexibility index (Phi) is 5.58. The second kappa shape index (κ2) is 8.46. The highest BCUT2D eigenvalue weighted by Gasteiger charge is 2.23. The molecule has 1 amide bonds. The highest BCUT2D eigenvalue weighted by molar-refractivity contribution is 7.19. The molecule has 4 aromatic rings. The summed E-state index contributed by atoms with van der Waals surface area (Å²) in [7, 11) is 1.53. The lowest BCUT2D eigenvalue weighted by Crippen LogP contribution is -2.13. The third kappa shape index (κ3) is 3.95. The summed E-state index contributed by atoms with van der Waals surface area (Å²) in [4.78, 5) is 22.6. The van der Waals surface area contributed by atoms with E-state index in [9.17, 15) is 4.79 Å². The lowest BCUT2D eigenvalue weighted by Gasteiger charge is -2.07. The number of para-hydroxylation sites is 1. The molecule has 4 rings (SSSR count). The number of amides is 1. The zero-order valence-corrected chi connectivity index (χ0v) is 17.6. The van der Waals surface area contributed by atoms with Gasteiger partial charge in [0.2, 0.25) is 5.82 Å². The van der Waals surface area contributed by atoms with Crippen molar-refractivity contribution < 1.29 is 14.1 Å². The largest absolute Gasteiger partial charge is 0.496 e. The van der Waals surface area contributed by atoms with Crippen LogP contribution in [0.25, 0.3) is 22.2 Å². The third-order valence-corrected chi connectivity index (χ3v) is 5.40. The molecule has 2 aromatic heterocycles. The van der Waals surface area contributed by atoms with Gasteiger partial charge in [-0.25, -0.2) is 4.98 Å². The monoisotopic (exact) mass is 420 g/mol. The number of aromatic nitrogens is 3. The normalized spacial score (nSPS) is 10.9. The van der Waals surface area contributed by atoms with Crippen LogP contribution in [0.2, 0.25) is 0 Å². The van der Waals surface area contributed by atoms with Crippen molar-refractivity contribution in [1.29, 1.82) is 0 Å². The summed E-state index contributed by atoms with van der Waals surface area (Å²) >= 11 is 1.31. The van der Waals surface area contributed by atoms with E-state index in [0.717, 1.165) is 16.1 Å². The molecule has 8 heteroatoms. The highest BCUT2D eigenvalue weighted by Crippen LogP contribution is 2.37. The standard InChI is InChI=1S/C22H20N4O3S/c1-13(2)17-18(21-24-19(26-29-21)14-9-5-4-6-10-14)30-22(23-17)25-20(27)15-11-7-8-12-16(15)28-3/h4-13H,1-3H3,(H,23,25,27). The number of thiazole rings is 1. The number of carbonyl (C=O) groups is 1. The quantitative estimate of drug-likeness (QED) is 0.458. The van der Waals surface area contributed by atoms with Crippen molar-refractivity contribution in [2.24, 2.45) is 0 Å². The van der Waals surface area contributed by atoms with Gasteiger partial charge in [-0.05, 0) is 18.1 Å². The summed E-state index contributed by atoms with van der Waals surface area (Å²) in [6.07, 6.45) is 0. The smallest absolute Gasteiger partial charge is 0.270 e. The molecule has 2 heterocycles. The van der Waals surface area contributed by atoms with Gasteiger partial charge in [0.05, 0.1) is 18.4 Å². The molecule has 0 aliphatic rings. The molecule has 0 bridgehead atoms. The molecule has 1 N–H and O–H groups in total. The van der Waals surface area contributed by atoms with Crippen molar-refractivity contribution in [3.8, 4) is 27.9 Å². The van der Waals surface area contributed by atoms with Gasteiger partial charge in [0.1, 0.15) is 10.6 Å². The van der Waals surface area contributed by atoms with Gasteiger partial charge in [0.15, 0.2) is 5.13 Å². The van der Waals surface area contributed by atoms with E-state index < -0.39 is 0 Å². The molecule has 0 fully saturated rings. The van der Waals surface area contributed by atoms with Crippen LogP contribution in [0, 0.1) is 0 Å². The van der Waals surface area contributed by atoms with E-state index >= 15 is 0 Å². The highest BCUT2D eigenvalue weighted by atomic mass is 32.1. The summed E-state index contributed by atoms with van der Waals surface area (Å²) in [5.41, 5.74) is 2.10. The van der Waals surface area contributed by atoms with E-state index in [4.69, 9.17) is 9.26 Å². The number of hydrogen-bond acceptors (Lipinski definition) is 7. The van der Waals surface area contributed by atoms with E-state index in [2.05, 4.69) is 20.4 Å². The van der Waals surface area contributed by atoms with E-state index in [-0.39, 0.29) is 11.8 Å². The maximum atomic E-state index is 12.7. The van der Waals surface area contributed by atoms with Gasteiger partial charge < -0.3 is 9.26 Å². The molecule has 0 unspecified atom stereocenters. The molecule has 0 spiro atoms. The Hall–Kier alpha value is -3.52. The van der Waals surface area contributed by atoms with Crippen LogP contribution in [0.3, 0.4) is 0 Å². The zero-order chi connectivity index (χ0) is 21.1. The topological polar surface area (TPSA) is 90.1 Å². The van der Waals surface area contributed by atoms with E-state index in [1.54, 1.807) is 18.2 Å². The molecule has 0 radical (unpaired) electrons. The maximum absolute atomic E-state index is 12.7. The molecule has 0 aliphatic carbocycles. The van der Waals surface area contributed by atoms with Crippen molar-refractivity contribution in [2.45, 2.75) is 19.8 Å². The zero-order valence-electron chi connectivity index (χ0n) is 16.7. The number of benzene rings is 2. The van der Waals surface area contributed by atoms with Crippen LogP contribution in [-0.4, -0.2) is 28.1 Å². The molecule has 0 atom stereocenters. The van der Waals surface area contributed by atoms with Gasteiger partial charge >= 0.3 is 0 Å². The van der Waals surface area contributed by atoms with Crippen molar-refractivity contribution in [3.05, 3.63) is 65.9 Å². The SMILES string of the molecule is COc1ccccc1C(=O)Nc1nc(C(C)C)c(-c2nc(-c3ccccc3)no2)s1. The van der Waals surface area contributed by atoms with Crippen LogP contribution >= 0.6 is 11.3 Å². The van der Waals surface area contributed by atoms with Gasteiger partial charge in [0.25, 0.3) is 11.8 Å². The first-order valence-electron chi connectivity index (χ1n) is 9.41. The third-order valence-electron chi connectivity index (χ3n) is 4.42. The van der Waals surface area contributed by atoms with Crippen molar-refractivity contribution in [1.82, 2.24) is 15.1 Å². The number of hydrogen-bond donors (Lipinski definition) is 1. The summed E-state index contributed by atoms with van der Waals surface area (Å²) in [6, 6.07) is 16.7. The number of methoxy groups -OCH3 is 1. The van der Waals surface area contributed by atoms with Crippen molar-refractivity contribution >= 4 is 22.4 Å². The molecular formula is C22H20N4O3S. The molecule has 7 nitrogen and oxygen atoms in total. The van der Waals surface area contributed by atoms with E-state index in [1.165, 1.54) is 18.4 Å². The second-order valence-electron chi connectivity index (χ2n) is 6.83. The predicted molar refractivity (Wildman–Crippen MR) is 116 cm³/mol. The summed E-state index contributed by atoms with van der Waals surface area (Å²) < 4.78 is 10.8. The first kappa shape index (κ1) is 19.8. The Morgan fingerprint density at radius 3 is 2.53 bits per heavy atom. The van der Waals surface area contributed by atoms with Crippen molar-refractivity contribution in [3.63, 3.8) is 0 Å². The Bertz CT molecular complexity index is 1170. The lowest BCUT2D eigenvalue weighted by molar-refractivity contribution is 0.102. The second-order valence-corrected chi connectivity index (χ2v) is 7.83. The number of nitrogens with one attached hydrogen (secondary N) is 1. The number of carbonyl (C=O) groups excluding carboxylic acids is 1. The lowest BCUT2D eigenvalue weighted by atomic mass is 10.1. The molecular weight excluding hydrogens is 400 g/mol. The average molecular weight is 420 g/mol. The summed E-state index contributed by atoms with van der Waals surface area (Å²) in [5.74, 6) is 1.21. The Labute approximate surface area is 177 Å². The Morgan fingerprint density at radius 1 is 1.07 bits per heavy atom. The average Bonchev–Trinajstić information content (AvgIpc) is 3.41. The molecule has 152 valence electrons. The summed E-state index contributed by atoms with van der Waals surface area (Å²) in [6.45, 7) is 4.05. The first-order chi connectivity index (χ1) is 14.6. The molecule has 0 aliphatic heterocycles. The minimum atomic E-state index is -0.293. The number of ether oxygens (including phenoxy) is 1. The first-order valence-corrected chi connectivity index (χ1v) is 10.2. The van der Waals surface area contributed by atoms with Gasteiger partial charge in [-0.2, -0.15) is 4.98 Å². The molecule has 30 heavy (non-hydrogen) atoms. The molecule has 0 saturated carbocycles. The minimum Gasteiger partial charge on any atom is -0.496 e.